The number of benzene rings is 1. The van der Waals surface area contributed by atoms with Gasteiger partial charge in [-0.3, -0.25) is 0 Å². The Bertz CT molecular complexity index is 368. The third-order valence-electron chi connectivity index (χ3n) is 3.71. The van der Waals surface area contributed by atoms with Crippen LogP contribution in [0.5, 0.6) is 0 Å². The molecule has 1 heteroatoms. The zero-order valence-electron chi connectivity index (χ0n) is 10.4. The Morgan fingerprint density at radius 2 is 1.81 bits per heavy atom. The van der Waals surface area contributed by atoms with E-state index in [0.717, 1.165) is 19.3 Å². The second-order valence-corrected chi connectivity index (χ2v) is 5.27. The average molecular weight is 237 g/mol. The molecule has 16 heavy (non-hydrogen) atoms. The van der Waals surface area contributed by atoms with Gasteiger partial charge in [0.1, 0.15) is 0 Å². The molecule has 0 heterocycles. The first kappa shape index (κ1) is 12.0. The van der Waals surface area contributed by atoms with Gasteiger partial charge in [-0.2, -0.15) is 0 Å². The Labute approximate surface area is 104 Å². The van der Waals surface area contributed by atoms with Gasteiger partial charge in [0.2, 0.25) is 0 Å². The number of alkyl halides is 1. The van der Waals surface area contributed by atoms with Crippen LogP contribution in [0, 0.1) is 0 Å². The second-order valence-electron chi connectivity index (χ2n) is 4.74. The molecule has 1 atom stereocenters. The van der Waals surface area contributed by atoms with Crippen LogP contribution in [-0.2, 0) is 19.3 Å². The summed E-state index contributed by atoms with van der Waals surface area (Å²) in [4.78, 5) is 0. The monoisotopic (exact) mass is 236 g/mol. The van der Waals surface area contributed by atoms with Gasteiger partial charge in [-0.1, -0.05) is 32.4 Å². The molecule has 0 aromatic heterocycles. The van der Waals surface area contributed by atoms with E-state index in [1.165, 1.54) is 41.5 Å². The summed E-state index contributed by atoms with van der Waals surface area (Å²) in [6.45, 7) is 4.48. The van der Waals surface area contributed by atoms with E-state index < -0.39 is 0 Å². The highest BCUT2D eigenvalue weighted by Crippen LogP contribution is 2.35. The fraction of sp³-hybridized carbons (Fsp3) is 0.600. The van der Waals surface area contributed by atoms with Gasteiger partial charge in [-0.05, 0) is 54.4 Å². The van der Waals surface area contributed by atoms with Crippen LogP contribution in [0.15, 0.2) is 12.1 Å². The van der Waals surface area contributed by atoms with Crippen molar-refractivity contribution < 1.29 is 0 Å². The lowest BCUT2D eigenvalue weighted by molar-refractivity contribution is 0.699. The third-order valence-corrected chi connectivity index (χ3v) is 4.17. The SMILES string of the molecule is CCc1cc2c(cc1CC)C(Cl)CCCC2. The first-order valence-corrected chi connectivity index (χ1v) is 6.98. The molecule has 0 saturated heterocycles. The smallest absolute Gasteiger partial charge is 0.0588 e. The zero-order valence-corrected chi connectivity index (χ0v) is 11.1. The Hall–Kier alpha value is -0.490. The van der Waals surface area contributed by atoms with Crippen LogP contribution in [0.3, 0.4) is 0 Å². The molecular formula is C15H21Cl. The molecule has 0 fully saturated rings. The normalized spacial score (nSPS) is 20.3. The van der Waals surface area contributed by atoms with Crippen LogP contribution >= 0.6 is 11.6 Å². The maximum absolute atomic E-state index is 6.48. The summed E-state index contributed by atoms with van der Waals surface area (Å²) in [5, 5.41) is 0.244. The maximum atomic E-state index is 6.48. The Kier molecular flexibility index (Phi) is 3.91. The molecule has 1 aromatic carbocycles. The summed E-state index contributed by atoms with van der Waals surface area (Å²) in [7, 11) is 0. The molecule has 1 aliphatic carbocycles. The van der Waals surface area contributed by atoms with E-state index in [1.807, 2.05) is 0 Å². The molecule has 0 radical (unpaired) electrons. The van der Waals surface area contributed by atoms with Crippen molar-refractivity contribution in [3.05, 3.63) is 34.4 Å². The lowest BCUT2D eigenvalue weighted by Crippen LogP contribution is -2.00. The highest BCUT2D eigenvalue weighted by atomic mass is 35.5. The second kappa shape index (κ2) is 5.23. The Morgan fingerprint density at radius 3 is 2.50 bits per heavy atom. The molecular weight excluding hydrogens is 216 g/mol. The van der Waals surface area contributed by atoms with Gasteiger partial charge in [0.05, 0.1) is 5.38 Å². The summed E-state index contributed by atoms with van der Waals surface area (Å²) in [5.74, 6) is 0. The van der Waals surface area contributed by atoms with Crippen LogP contribution in [0.25, 0.3) is 0 Å². The predicted molar refractivity (Wildman–Crippen MR) is 71.3 cm³/mol. The molecule has 0 spiro atoms. The number of hydrogen-bond donors (Lipinski definition) is 0. The molecule has 0 nitrogen and oxygen atoms in total. The van der Waals surface area contributed by atoms with Crippen molar-refractivity contribution in [1.29, 1.82) is 0 Å². The van der Waals surface area contributed by atoms with Crippen LogP contribution in [0.4, 0.5) is 0 Å². The van der Waals surface area contributed by atoms with Crippen LogP contribution in [0.1, 0.15) is 60.7 Å². The molecule has 0 saturated carbocycles. The topological polar surface area (TPSA) is 0 Å². The summed E-state index contributed by atoms with van der Waals surface area (Å²) in [5.41, 5.74) is 5.93. The summed E-state index contributed by atoms with van der Waals surface area (Å²) < 4.78 is 0. The van der Waals surface area contributed by atoms with E-state index >= 15 is 0 Å². The van der Waals surface area contributed by atoms with Crippen molar-refractivity contribution in [3.8, 4) is 0 Å². The molecule has 0 bridgehead atoms. The quantitative estimate of drug-likeness (QED) is 0.510. The minimum Gasteiger partial charge on any atom is -0.118 e. The van der Waals surface area contributed by atoms with Crippen LogP contribution < -0.4 is 0 Å². The van der Waals surface area contributed by atoms with Gasteiger partial charge in [-0.15, -0.1) is 11.6 Å². The van der Waals surface area contributed by atoms with Gasteiger partial charge < -0.3 is 0 Å². The van der Waals surface area contributed by atoms with E-state index in [4.69, 9.17) is 11.6 Å². The molecule has 88 valence electrons. The molecule has 1 aliphatic rings. The first-order valence-electron chi connectivity index (χ1n) is 6.54. The molecule has 2 rings (SSSR count). The predicted octanol–water partition coefficient (Wildman–Crippen LogP) is 4.82. The van der Waals surface area contributed by atoms with E-state index in [2.05, 4.69) is 26.0 Å². The van der Waals surface area contributed by atoms with E-state index in [0.29, 0.717) is 0 Å². The number of hydrogen-bond acceptors (Lipinski definition) is 0. The molecule has 0 amide bonds. The molecule has 0 aliphatic heterocycles. The molecule has 1 aromatic rings. The van der Waals surface area contributed by atoms with E-state index in [9.17, 15) is 0 Å². The molecule has 1 unspecified atom stereocenters. The minimum absolute atomic E-state index is 0.244. The average Bonchev–Trinajstić information content (AvgIpc) is 2.49. The molecule has 0 N–H and O–H groups in total. The standard InChI is InChI=1S/C15H21Cl/c1-3-11-9-13-7-5-6-8-15(16)14(13)10-12(11)4-2/h9-10,15H,3-8H2,1-2H3. The van der Waals surface area contributed by atoms with Gasteiger partial charge in [0, 0.05) is 0 Å². The summed E-state index contributed by atoms with van der Waals surface area (Å²) in [6, 6.07) is 4.78. The van der Waals surface area contributed by atoms with Crippen molar-refractivity contribution in [3.63, 3.8) is 0 Å². The fourth-order valence-electron chi connectivity index (χ4n) is 2.72. The van der Waals surface area contributed by atoms with E-state index in [1.54, 1.807) is 0 Å². The highest BCUT2D eigenvalue weighted by Gasteiger charge is 2.18. The number of rotatable bonds is 2. The lowest BCUT2D eigenvalue weighted by atomic mass is 9.93. The van der Waals surface area contributed by atoms with Crippen LogP contribution in [0.2, 0.25) is 0 Å². The van der Waals surface area contributed by atoms with Crippen molar-refractivity contribution in [2.75, 3.05) is 0 Å². The van der Waals surface area contributed by atoms with E-state index in [-0.39, 0.29) is 5.38 Å². The summed E-state index contributed by atoms with van der Waals surface area (Å²) in [6.07, 6.45) is 7.19. The zero-order chi connectivity index (χ0) is 11.5. The third kappa shape index (κ3) is 2.27. The Balaban J connectivity index is 2.47. The van der Waals surface area contributed by atoms with Crippen molar-refractivity contribution in [2.45, 2.75) is 57.7 Å². The van der Waals surface area contributed by atoms with Crippen molar-refractivity contribution in [2.24, 2.45) is 0 Å². The Morgan fingerprint density at radius 1 is 1.12 bits per heavy atom. The highest BCUT2D eigenvalue weighted by molar-refractivity contribution is 6.20. The van der Waals surface area contributed by atoms with Crippen LogP contribution in [-0.4, -0.2) is 0 Å². The minimum atomic E-state index is 0.244. The van der Waals surface area contributed by atoms with Gasteiger partial charge in [0.25, 0.3) is 0 Å². The van der Waals surface area contributed by atoms with Gasteiger partial charge in [-0.25, -0.2) is 0 Å². The number of halogens is 1. The van der Waals surface area contributed by atoms with Gasteiger partial charge in [0.15, 0.2) is 0 Å². The number of fused-ring (bicyclic) bond motifs is 1. The number of aryl methyl sites for hydroxylation is 3. The maximum Gasteiger partial charge on any atom is 0.0588 e. The van der Waals surface area contributed by atoms with Crippen molar-refractivity contribution >= 4 is 11.6 Å². The lowest BCUT2D eigenvalue weighted by Gasteiger charge is -2.15. The largest absolute Gasteiger partial charge is 0.118 e. The fourth-order valence-corrected chi connectivity index (χ4v) is 3.08. The van der Waals surface area contributed by atoms with Crippen molar-refractivity contribution in [1.82, 2.24) is 0 Å². The first-order chi connectivity index (χ1) is 7.76. The van der Waals surface area contributed by atoms with Gasteiger partial charge >= 0.3 is 0 Å². The summed E-state index contributed by atoms with van der Waals surface area (Å²) >= 11 is 6.48.